The molecular formula is C72H107NO8S. The maximum Gasteiger partial charge on any atom is 0.373 e. The van der Waals surface area contributed by atoms with Crippen molar-refractivity contribution in [2.45, 2.75) is 210 Å². The number of aromatic nitrogens is 1. The van der Waals surface area contributed by atoms with Crippen LogP contribution in [0.15, 0.2) is 166 Å². The second-order valence-corrected chi connectivity index (χ2v) is 30.2. The Morgan fingerprint density at radius 3 is 1.21 bits per heavy atom. The van der Waals surface area contributed by atoms with Crippen LogP contribution in [0, 0.1) is 51.8 Å². The van der Waals surface area contributed by atoms with E-state index < -0.39 is 0 Å². The van der Waals surface area contributed by atoms with Gasteiger partial charge < -0.3 is 26.5 Å². The van der Waals surface area contributed by atoms with Crippen molar-refractivity contribution in [1.29, 1.82) is 0 Å². The summed E-state index contributed by atoms with van der Waals surface area (Å²) in [5.41, 5.74) is 3.43. The lowest BCUT2D eigenvalue weighted by Crippen LogP contribution is -2.19. The van der Waals surface area contributed by atoms with Gasteiger partial charge in [-0.3, -0.25) is 0 Å². The molecule has 0 bridgehead atoms. The van der Waals surface area contributed by atoms with E-state index in [0.29, 0.717) is 33.5 Å². The van der Waals surface area contributed by atoms with Crippen molar-refractivity contribution in [3.8, 4) is 0 Å². The fourth-order valence-electron chi connectivity index (χ4n) is 8.03. The summed E-state index contributed by atoms with van der Waals surface area (Å²) in [6, 6.07) is 34.9. The van der Waals surface area contributed by atoms with E-state index in [1.807, 2.05) is 73.7 Å². The fourth-order valence-corrected chi connectivity index (χ4v) is 9.03. The van der Waals surface area contributed by atoms with Crippen molar-refractivity contribution < 1.29 is 36.1 Å². The van der Waals surface area contributed by atoms with Crippen LogP contribution in [0.5, 0.6) is 0 Å². The van der Waals surface area contributed by atoms with Crippen LogP contribution < -0.4 is 0 Å². The molecule has 9 nitrogen and oxygen atoms in total. The molecule has 1 aromatic carbocycles. The van der Waals surface area contributed by atoms with E-state index in [0.717, 1.165) is 71.9 Å². The van der Waals surface area contributed by atoms with Gasteiger partial charge in [-0.25, -0.2) is 4.98 Å². The van der Waals surface area contributed by atoms with Gasteiger partial charge in [0.25, 0.3) is 0 Å². The summed E-state index contributed by atoms with van der Waals surface area (Å²) >= 11 is 1.85. The van der Waals surface area contributed by atoms with Crippen molar-refractivity contribution in [3.05, 3.63) is 196 Å². The van der Waals surface area contributed by atoms with E-state index in [9.17, 15) is 0 Å². The minimum atomic E-state index is 0.152. The molecule has 0 fully saturated rings. The molecule has 8 rings (SSSR count). The van der Waals surface area contributed by atoms with Crippen molar-refractivity contribution in [2.24, 2.45) is 37.9 Å². The lowest BCUT2D eigenvalue weighted by atomic mass is 9.75. The summed E-state index contributed by atoms with van der Waals surface area (Å²) < 4.78 is 32.1. The molecule has 8 aromatic rings. The number of carbonyl (C=O) groups excluding carboxylic acids is 2. The second-order valence-electron chi connectivity index (χ2n) is 29.2. The predicted molar refractivity (Wildman–Crippen MR) is 340 cm³/mol. The molecule has 7 aromatic heterocycles. The first-order chi connectivity index (χ1) is 37.7. The number of hydrogen-bond acceptors (Lipinski definition) is 10. The number of rotatable bonds is 8. The van der Waals surface area contributed by atoms with Crippen LogP contribution in [0.25, 0.3) is 0 Å². The number of benzene rings is 1. The molecule has 7 heterocycles. The minimum absolute atomic E-state index is 0.152. The first-order valence-corrected chi connectivity index (χ1v) is 29.7. The average molecular weight is 1150 g/mol. The Kier molecular flexibility index (Phi) is 31.1. The van der Waals surface area contributed by atoms with Crippen LogP contribution in [0.4, 0.5) is 0 Å². The first kappa shape index (κ1) is 73.9. The largest absolute Gasteiger partial charge is 0.469 e. The highest BCUT2D eigenvalue weighted by molar-refractivity contribution is 7.09. The van der Waals surface area contributed by atoms with E-state index >= 15 is 0 Å². The molecule has 0 amide bonds. The molecule has 0 radical (unpaired) electrons. The standard InChI is InChI=1S/C15H18O.3C10H16O.C9H14O.C9H14S.C8H13NO.CO2/c1-15(2,3)14(13-10-7-11-16-13)12-8-5-4-6-9-12;2*1-8-5-6-9(11-8)7-10(2,3)4;1-8(10(2,3)4)9-6-5-7-11-9;2*1-9(2,3)7-8-5-4-6-10-8;1-8(2,3)6-7-9-4-5-10-7;2-1-3/h4-11,14H,1-3H3;2*5-6H,7H2,1-4H3;5-8H,1-4H3;2*4-6H,7H2,1-3H3;4-5H,6H2,1-3H3;. The van der Waals surface area contributed by atoms with Crippen molar-refractivity contribution in [1.82, 2.24) is 4.98 Å². The predicted octanol–water partition coefficient (Wildman–Crippen LogP) is 22.1. The summed E-state index contributed by atoms with van der Waals surface area (Å²) in [6.07, 6.45) is 13.9. The highest BCUT2D eigenvalue weighted by Gasteiger charge is 2.30. The molecule has 0 aliphatic rings. The first-order valence-electron chi connectivity index (χ1n) is 28.8. The number of nitrogens with zero attached hydrogens (tertiary/aromatic N) is 1. The Bertz CT molecular complexity index is 2630. The molecule has 0 aliphatic heterocycles. The summed E-state index contributed by atoms with van der Waals surface area (Å²) in [5.74, 6) is 9.01. The van der Waals surface area contributed by atoms with E-state index in [4.69, 9.17) is 36.1 Å². The fraction of sp³-hybridized carbons (Fsp3) is 0.528. The van der Waals surface area contributed by atoms with E-state index in [2.05, 4.69) is 217 Å². The average Bonchev–Trinajstić information content (AvgIpc) is 4.17. The maximum absolute atomic E-state index is 8.12. The van der Waals surface area contributed by atoms with Crippen molar-refractivity contribution in [3.63, 3.8) is 0 Å². The third-order valence-corrected chi connectivity index (χ3v) is 12.7. The van der Waals surface area contributed by atoms with Gasteiger partial charge >= 0.3 is 6.15 Å². The van der Waals surface area contributed by atoms with Crippen LogP contribution in [0.3, 0.4) is 0 Å². The minimum Gasteiger partial charge on any atom is -0.469 e. The summed E-state index contributed by atoms with van der Waals surface area (Å²) in [5, 5.41) is 2.14. The molecule has 454 valence electrons. The third-order valence-electron chi connectivity index (χ3n) is 11.8. The molecule has 0 saturated carbocycles. The van der Waals surface area contributed by atoms with Gasteiger partial charge in [0.2, 0.25) is 0 Å². The zero-order valence-electron chi connectivity index (χ0n) is 55.1. The zero-order valence-corrected chi connectivity index (χ0v) is 55.9. The smallest absolute Gasteiger partial charge is 0.373 e. The summed E-state index contributed by atoms with van der Waals surface area (Å²) in [4.78, 5) is 21.8. The number of aryl methyl sites for hydroxylation is 2. The Hall–Kier alpha value is -6.09. The van der Waals surface area contributed by atoms with Gasteiger partial charge in [-0.1, -0.05) is 189 Å². The number of oxazole rings is 1. The van der Waals surface area contributed by atoms with Gasteiger partial charge in [-0.2, -0.15) is 9.59 Å². The van der Waals surface area contributed by atoms with Crippen molar-refractivity contribution >= 4 is 17.5 Å². The molecule has 2 unspecified atom stereocenters. The van der Waals surface area contributed by atoms with E-state index in [1.54, 1.807) is 31.2 Å². The van der Waals surface area contributed by atoms with Crippen LogP contribution in [0.1, 0.15) is 221 Å². The van der Waals surface area contributed by atoms with Crippen LogP contribution in [-0.4, -0.2) is 11.1 Å². The van der Waals surface area contributed by atoms with Gasteiger partial charge in [0.15, 0.2) is 5.89 Å². The molecule has 2 atom stereocenters. The molecule has 0 saturated heterocycles. The van der Waals surface area contributed by atoms with Gasteiger partial charge in [0.1, 0.15) is 46.6 Å². The third kappa shape index (κ3) is 36.4. The van der Waals surface area contributed by atoms with Gasteiger partial charge in [0, 0.05) is 42.4 Å². The zero-order chi connectivity index (χ0) is 62.6. The molecule has 0 N–H and O–H groups in total. The van der Waals surface area contributed by atoms with Crippen LogP contribution >= 0.6 is 11.3 Å². The Labute approximate surface area is 500 Å². The highest BCUT2D eigenvalue weighted by Crippen LogP contribution is 2.40. The van der Waals surface area contributed by atoms with Crippen molar-refractivity contribution in [2.75, 3.05) is 0 Å². The summed E-state index contributed by atoms with van der Waals surface area (Å²) in [6.45, 7) is 52.7. The Morgan fingerprint density at radius 2 is 0.878 bits per heavy atom. The maximum atomic E-state index is 8.12. The topological polar surface area (TPSA) is 126 Å². The normalized spacial score (nSPS) is 12.3. The van der Waals surface area contributed by atoms with Gasteiger partial charge in [-0.15, -0.1) is 11.3 Å². The van der Waals surface area contributed by atoms with E-state index in [1.165, 1.54) is 16.9 Å². The number of hydrogen-bond donors (Lipinski definition) is 0. The van der Waals surface area contributed by atoms with Crippen LogP contribution in [-0.2, 0) is 41.7 Å². The molecule has 0 aliphatic carbocycles. The SMILES string of the molecule is CC(C)(C)C(c1ccccc1)c1ccco1.CC(C)(C)Cc1ccco1.CC(C)(C)Cc1cccs1.CC(C)(C)Cc1ncco1.CC(c1ccco1)C(C)(C)C.Cc1ccc(CC(C)(C)C)o1.Cc1ccc(CC(C)(C)C)o1.O=C=O. The highest BCUT2D eigenvalue weighted by atomic mass is 32.1. The van der Waals surface area contributed by atoms with Gasteiger partial charge in [-0.05, 0) is 136 Å². The number of furan rings is 5. The lowest BCUT2D eigenvalue weighted by molar-refractivity contribution is -0.191. The molecule has 10 heteroatoms. The van der Waals surface area contributed by atoms with Crippen LogP contribution in [0.2, 0.25) is 0 Å². The quantitative estimate of drug-likeness (QED) is 0.146. The second kappa shape index (κ2) is 34.5. The molecule has 82 heavy (non-hydrogen) atoms. The Balaban J connectivity index is 0.000000477. The lowest BCUT2D eigenvalue weighted by Gasteiger charge is -2.29. The molecule has 0 spiro atoms. The number of thiophene rings is 1. The van der Waals surface area contributed by atoms with E-state index in [-0.39, 0.29) is 22.4 Å². The summed E-state index contributed by atoms with van der Waals surface area (Å²) in [7, 11) is 0. The Morgan fingerprint density at radius 1 is 0.439 bits per heavy atom. The van der Waals surface area contributed by atoms with Gasteiger partial charge in [0.05, 0.1) is 25.0 Å². The molecular weight excluding hydrogens is 1040 g/mol. The monoisotopic (exact) mass is 1150 g/mol.